The van der Waals surface area contributed by atoms with Crippen molar-refractivity contribution in [2.45, 2.75) is 12.6 Å². The quantitative estimate of drug-likeness (QED) is 0.545. The van der Waals surface area contributed by atoms with Crippen molar-refractivity contribution in [3.8, 4) is 6.01 Å². The first-order valence-electron chi connectivity index (χ1n) is 6.95. The number of aliphatic hydroxyl groups excluding tert-OH is 1. The molecule has 2 aromatic rings. The van der Waals surface area contributed by atoms with Crippen molar-refractivity contribution in [1.82, 2.24) is 15.3 Å². The van der Waals surface area contributed by atoms with E-state index >= 15 is 0 Å². The van der Waals surface area contributed by atoms with Gasteiger partial charge in [0.25, 0.3) is 5.91 Å². The lowest BCUT2D eigenvalue weighted by Crippen LogP contribution is -2.43. The van der Waals surface area contributed by atoms with Gasteiger partial charge in [0.15, 0.2) is 6.04 Å². The predicted octanol–water partition coefficient (Wildman–Crippen LogP) is -0.187. The number of aliphatic carboxylic acids is 1. The first kappa shape index (κ1) is 17.2. The Labute approximate surface area is 137 Å². The molecule has 24 heavy (non-hydrogen) atoms. The van der Waals surface area contributed by atoms with Crippen molar-refractivity contribution >= 4 is 17.7 Å². The third-order valence-electron chi connectivity index (χ3n) is 3.04. The zero-order valence-corrected chi connectivity index (χ0v) is 12.5. The number of nitrogens with one attached hydrogen (secondary N) is 1. The van der Waals surface area contributed by atoms with Crippen LogP contribution in [0, 0.1) is 0 Å². The third kappa shape index (κ3) is 4.40. The highest BCUT2D eigenvalue weighted by Crippen LogP contribution is 2.13. The van der Waals surface area contributed by atoms with Gasteiger partial charge in [-0.05, 0) is 5.56 Å². The molecule has 1 aromatic heterocycles. The number of carboxylic acids is 1. The summed E-state index contributed by atoms with van der Waals surface area (Å²) < 4.78 is 5.38. The molecule has 1 amide bonds. The number of aliphatic hydroxyl groups is 1. The van der Waals surface area contributed by atoms with Gasteiger partial charge in [-0.15, -0.1) is 0 Å². The molecule has 2 rings (SSSR count). The summed E-state index contributed by atoms with van der Waals surface area (Å²) in [6.07, 6.45) is 1.13. The summed E-state index contributed by atoms with van der Waals surface area (Å²) in [6, 6.07) is 7.89. The summed E-state index contributed by atoms with van der Waals surface area (Å²) in [5.74, 6) is -2.33. The summed E-state index contributed by atoms with van der Waals surface area (Å²) in [4.78, 5) is 30.5. The fourth-order valence-corrected chi connectivity index (χ4v) is 1.77. The van der Waals surface area contributed by atoms with Gasteiger partial charge in [-0.3, -0.25) is 4.79 Å². The smallest absolute Gasteiger partial charge is 0.328 e. The molecular weight excluding hydrogens is 316 g/mol. The molecule has 126 valence electrons. The fraction of sp³-hybridized carbons (Fsp3) is 0.200. The zero-order valence-electron chi connectivity index (χ0n) is 12.5. The van der Waals surface area contributed by atoms with Gasteiger partial charge in [0.1, 0.15) is 18.0 Å². The molecule has 0 saturated carbocycles. The largest absolute Gasteiger partial charge is 0.480 e. The number of nitrogen functional groups attached to an aromatic ring is 1. The van der Waals surface area contributed by atoms with Crippen LogP contribution in [0.15, 0.2) is 36.5 Å². The number of carbonyl (C=O) groups excluding carboxylic acids is 1. The van der Waals surface area contributed by atoms with Crippen molar-refractivity contribution in [3.63, 3.8) is 0 Å². The predicted molar refractivity (Wildman–Crippen MR) is 83.2 cm³/mol. The second-order valence-corrected chi connectivity index (χ2v) is 4.77. The van der Waals surface area contributed by atoms with E-state index in [0.29, 0.717) is 0 Å². The van der Waals surface area contributed by atoms with Gasteiger partial charge in [-0.2, -0.15) is 4.98 Å². The molecule has 9 nitrogen and oxygen atoms in total. The van der Waals surface area contributed by atoms with Crippen LogP contribution in [0.25, 0.3) is 0 Å². The highest BCUT2D eigenvalue weighted by Gasteiger charge is 2.21. The van der Waals surface area contributed by atoms with Crippen LogP contribution in [0.1, 0.15) is 15.9 Å². The molecule has 9 heteroatoms. The maximum atomic E-state index is 11.9. The van der Waals surface area contributed by atoms with E-state index in [1.807, 2.05) is 30.3 Å². The Hall–Kier alpha value is -3.20. The molecule has 0 radical (unpaired) electrons. The van der Waals surface area contributed by atoms with E-state index < -0.39 is 24.5 Å². The lowest BCUT2D eigenvalue weighted by Gasteiger charge is -2.12. The van der Waals surface area contributed by atoms with E-state index in [-0.39, 0.29) is 24.0 Å². The normalized spacial score (nSPS) is 11.5. The minimum absolute atomic E-state index is 0.00940. The summed E-state index contributed by atoms with van der Waals surface area (Å²) in [5, 5.41) is 19.8. The van der Waals surface area contributed by atoms with Crippen LogP contribution in [0.4, 0.5) is 5.82 Å². The SMILES string of the molecule is Nc1nc(OCc2ccccc2)ncc1C(=O)NC(CO)C(=O)O. The minimum atomic E-state index is -1.44. The van der Waals surface area contributed by atoms with Gasteiger partial charge >= 0.3 is 12.0 Å². The number of nitrogens with two attached hydrogens (primary N) is 1. The number of hydrogen-bond acceptors (Lipinski definition) is 7. The lowest BCUT2D eigenvalue weighted by atomic mass is 10.2. The number of benzene rings is 1. The van der Waals surface area contributed by atoms with Crippen molar-refractivity contribution < 1.29 is 24.5 Å². The number of hydrogen-bond donors (Lipinski definition) is 4. The van der Waals surface area contributed by atoms with E-state index in [4.69, 9.17) is 20.7 Å². The van der Waals surface area contributed by atoms with Crippen LogP contribution in [-0.2, 0) is 11.4 Å². The average molecular weight is 332 g/mol. The Balaban J connectivity index is 2.03. The van der Waals surface area contributed by atoms with Gasteiger partial charge < -0.3 is 26.0 Å². The number of carboxylic acid groups (broad SMARTS) is 1. The van der Waals surface area contributed by atoms with E-state index in [9.17, 15) is 9.59 Å². The molecule has 0 fully saturated rings. The number of nitrogens with zero attached hydrogens (tertiary/aromatic N) is 2. The highest BCUT2D eigenvalue weighted by atomic mass is 16.5. The first-order chi connectivity index (χ1) is 11.5. The van der Waals surface area contributed by atoms with Crippen molar-refractivity contribution in [3.05, 3.63) is 47.7 Å². The molecule has 0 saturated heterocycles. The number of ether oxygens (including phenoxy) is 1. The third-order valence-corrected chi connectivity index (χ3v) is 3.04. The number of rotatable bonds is 7. The summed E-state index contributed by atoms with van der Waals surface area (Å²) in [7, 11) is 0. The monoisotopic (exact) mass is 332 g/mol. The lowest BCUT2D eigenvalue weighted by molar-refractivity contribution is -0.140. The van der Waals surface area contributed by atoms with Crippen LogP contribution in [0.5, 0.6) is 6.01 Å². The van der Waals surface area contributed by atoms with Gasteiger partial charge in [0.05, 0.1) is 6.61 Å². The van der Waals surface area contributed by atoms with E-state index in [1.165, 1.54) is 0 Å². The van der Waals surface area contributed by atoms with E-state index in [2.05, 4.69) is 15.3 Å². The van der Waals surface area contributed by atoms with E-state index in [0.717, 1.165) is 11.8 Å². The van der Waals surface area contributed by atoms with Gasteiger partial charge in [0.2, 0.25) is 0 Å². The van der Waals surface area contributed by atoms with Crippen molar-refractivity contribution in [2.24, 2.45) is 0 Å². The average Bonchev–Trinajstić information content (AvgIpc) is 2.58. The Morgan fingerprint density at radius 2 is 2.00 bits per heavy atom. The van der Waals surface area contributed by atoms with Crippen molar-refractivity contribution in [2.75, 3.05) is 12.3 Å². The van der Waals surface area contributed by atoms with Gasteiger partial charge in [-0.1, -0.05) is 30.3 Å². The molecule has 0 bridgehead atoms. The maximum absolute atomic E-state index is 11.9. The molecular formula is C15H16N4O5. The number of amides is 1. The molecule has 0 aliphatic heterocycles. The highest BCUT2D eigenvalue weighted by molar-refractivity contribution is 5.99. The number of carbonyl (C=O) groups is 2. The number of anilines is 1. The Bertz CT molecular complexity index is 723. The maximum Gasteiger partial charge on any atom is 0.328 e. The molecule has 1 unspecified atom stereocenters. The van der Waals surface area contributed by atoms with Crippen molar-refractivity contribution in [1.29, 1.82) is 0 Å². The van der Waals surface area contributed by atoms with Crippen LogP contribution in [0.3, 0.4) is 0 Å². The molecule has 1 heterocycles. The zero-order chi connectivity index (χ0) is 17.5. The van der Waals surface area contributed by atoms with Gasteiger partial charge in [0, 0.05) is 6.20 Å². The van der Waals surface area contributed by atoms with Crippen LogP contribution < -0.4 is 15.8 Å². The van der Waals surface area contributed by atoms with Crippen LogP contribution in [-0.4, -0.2) is 44.7 Å². The summed E-state index contributed by atoms with van der Waals surface area (Å²) >= 11 is 0. The Kier molecular flexibility index (Phi) is 5.63. The molecule has 5 N–H and O–H groups in total. The minimum Gasteiger partial charge on any atom is -0.480 e. The second kappa shape index (κ2) is 7.88. The Morgan fingerprint density at radius 1 is 1.29 bits per heavy atom. The summed E-state index contributed by atoms with van der Waals surface area (Å²) in [5.41, 5.74) is 6.48. The summed E-state index contributed by atoms with van der Waals surface area (Å²) in [6.45, 7) is -0.516. The topological polar surface area (TPSA) is 148 Å². The molecule has 0 spiro atoms. The van der Waals surface area contributed by atoms with Crippen LogP contribution >= 0.6 is 0 Å². The molecule has 0 aliphatic rings. The van der Waals surface area contributed by atoms with Gasteiger partial charge in [-0.25, -0.2) is 9.78 Å². The fourth-order valence-electron chi connectivity index (χ4n) is 1.77. The number of aromatic nitrogens is 2. The molecule has 1 atom stereocenters. The molecule has 1 aromatic carbocycles. The first-order valence-corrected chi connectivity index (χ1v) is 6.95. The second-order valence-electron chi connectivity index (χ2n) is 4.77. The standard InChI is InChI=1S/C15H16N4O5/c16-12-10(13(21)18-11(7-20)14(22)23)6-17-15(19-12)24-8-9-4-2-1-3-5-9/h1-6,11,20H,7-8H2,(H,18,21)(H,22,23)(H2,16,17,19). The Morgan fingerprint density at radius 3 is 2.58 bits per heavy atom. The van der Waals surface area contributed by atoms with Crippen LogP contribution in [0.2, 0.25) is 0 Å². The molecule has 0 aliphatic carbocycles. The van der Waals surface area contributed by atoms with E-state index in [1.54, 1.807) is 0 Å².